The molecule has 2 aromatic rings. The summed E-state index contributed by atoms with van der Waals surface area (Å²) < 4.78 is 1.17. The summed E-state index contributed by atoms with van der Waals surface area (Å²) in [5, 5.41) is 8.89. The lowest BCUT2D eigenvalue weighted by atomic mass is 10.3. The van der Waals surface area contributed by atoms with Crippen LogP contribution in [0.1, 0.15) is 4.88 Å². The van der Waals surface area contributed by atoms with Crippen LogP contribution in [0.15, 0.2) is 46.3 Å². The van der Waals surface area contributed by atoms with E-state index in [1.807, 2.05) is 18.2 Å². The SMILES string of the molecule is Brc1csc(CNCCNc2ccccc2)c1. The van der Waals surface area contributed by atoms with Gasteiger partial charge in [0.05, 0.1) is 0 Å². The molecule has 0 unspecified atom stereocenters. The number of halogens is 1. The number of para-hydroxylation sites is 1. The quantitative estimate of drug-likeness (QED) is 0.795. The smallest absolute Gasteiger partial charge is 0.0340 e. The van der Waals surface area contributed by atoms with Gasteiger partial charge in [0.25, 0.3) is 0 Å². The first-order valence-electron chi connectivity index (χ1n) is 5.57. The summed E-state index contributed by atoms with van der Waals surface area (Å²) in [6, 6.07) is 12.4. The van der Waals surface area contributed by atoms with Crippen LogP contribution in [0.5, 0.6) is 0 Å². The van der Waals surface area contributed by atoms with Gasteiger partial charge in [0.2, 0.25) is 0 Å². The van der Waals surface area contributed by atoms with E-state index in [0.717, 1.165) is 19.6 Å². The van der Waals surface area contributed by atoms with Crippen molar-refractivity contribution in [3.8, 4) is 0 Å². The largest absolute Gasteiger partial charge is 0.384 e. The Bertz CT molecular complexity index is 442. The Morgan fingerprint density at radius 1 is 1.12 bits per heavy atom. The average molecular weight is 311 g/mol. The molecule has 0 fully saturated rings. The highest BCUT2D eigenvalue weighted by molar-refractivity contribution is 9.10. The highest BCUT2D eigenvalue weighted by atomic mass is 79.9. The van der Waals surface area contributed by atoms with Crippen molar-refractivity contribution in [3.63, 3.8) is 0 Å². The molecule has 2 rings (SSSR count). The Hall–Kier alpha value is -0.840. The van der Waals surface area contributed by atoms with Crippen molar-refractivity contribution in [3.05, 3.63) is 51.1 Å². The Morgan fingerprint density at radius 3 is 2.65 bits per heavy atom. The Labute approximate surface area is 114 Å². The van der Waals surface area contributed by atoms with E-state index in [-0.39, 0.29) is 0 Å². The summed E-state index contributed by atoms with van der Waals surface area (Å²) in [4.78, 5) is 1.36. The molecule has 2 N–H and O–H groups in total. The molecule has 0 bridgehead atoms. The maximum absolute atomic E-state index is 3.46. The molecule has 17 heavy (non-hydrogen) atoms. The zero-order valence-corrected chi connectivity index (χ0v) is 11.9. The summed E-state index contributed by atoms with van der Waals surface area (Å²) in [6.45, 7) is 2.84. The summed E-state index contributed by atoms with van der Waals surface area (Å²) in [6.07, 6.45) is 0. The van der Waals surface area contributed by atoms with Gasteiger partial charge in [-0.25, -0.2) is 0 Å². The summed E-state index contributed by atoms with van der Waals surface area (Å²) >= 11 is 5.23. The molecule has 0 amide bonds. The van der Waals surface area contributed by atoms with Crippen LogP contribution in [-0.4, -0.2) is 13.1 Å². The van der Waals surface area contributed by atoms with Crippen molar-refractivity contribution in [2.45, 2.75) is 6.54 Å². The van der Waals surface area contributed by atoms with Gasteiger partial charge < -0.3 is 10.6 Å². The minimum atomic E-state index is 0.937. The van der Waals surface area contributed by atoms with Crippen LogP contribution in [0.4, 0.5) is 5.69 Å². The Balaban J connectivity index is 1.61. The molecule has 0 spiro atoms. The average Bonchev–Trinajstić information content (AvgIpc) is 2.76. The number of nitrogens with one attached hydrogen (secondary N) is 2. The highest BCUT2D eigenvalue weighted by Crippen LogP contribution is 2.19. The van der Waals surface area contributed by atoms with Gasteiger partial charge in [-0.2, -0.15) is 0 Å². The van der Waals surface area contributed by atoms with Crippen LogP contribution < -0.4 is 10.6 Å². The lowest BCUT2D eigenvalue weighted by Gasteiger charge is -2.06. The second-order valence-corrected chi connectivity index (χ2v) is 5.61. The molecule has 2 nitrogen and oxygen atoms in total. The van der Waals surface area contributed by atoms with Crippen LogP contribution in [0.3, 0.4) is 0 Å². The predicted octanol–water partition coefficient (Wildman–Crippen LogP) is 3.71. The first-order valence-corrected chi connectivity index (χ1v) is 7.24. The minimum Gasteiger partial charge on any atom is -0.384 e. The number of thiophene rings is 1. The van der Waals surface area contributed by atoms with Crippen molar-refractivity contribution in [1.29, 1.82) is 0 Å². The number of anilines is 1. The van der Waals surface area contributed by atoms with Crippen molar-refractivity contribution < 1.29 is 0 Å². The van der Waals surface area contributed by atoms with Gasteiger partial charge in [0.1, 0.15) is 0 Å². The first-order chi connectivity index (χ1) is 8.34. The highest BCUT2D eigenvalue weighted by Gasteiger charge is 1.96. The Kier molecular flexibility index (Phi) is 5.04. The zero-order valence-electron chi connectivity index (χ0n) is 9.45. The van der Waals surface area contributed by atoms with Crippen LogP contribution in [0.25, 0.3) is 0 Å². The van der Waals surface area contributed by atoms with E-state index in [0.29, 0.717) is 0 Å². The maximum Gasteiger partial charge on any atom is 0.0340 e. The van der Waals surface area contributed by atoms with E-state index >= 15 is 0 Å². The van der Waals surface area contributed by atoms with Gasteiger partial charge in [-0.3, -0.25) is 0 Å². The second-order valence-electron chi connectivity index (χ2n) is 3.70. The lowest BCUT2D eigenvalue weighted by molar-refractivity contribution is 0.714. The molecule has 0 atom stereocenters. The molecule has 0 saturated heterocycles. The summed E-state index contributed by atoms with van der Waals surface area (Å²) in [5.41, 5.74) is 1.17. The Morgan fingerprint density at radius 2 is 1.94 bits per heavy atom. The normalized spacial score (nSPS) is 10.4. The van der Waals surface area contributed by atoms with Crippen molar-refractivity contribution in [2.24, 2.45) is 0 Å². The van der Waals surface area contributed by atoms with Crippen LogP contribution in [0, 0.1) is 0 Å². The van der Waals surface area contributed by atoms with Gasteiger partial charge in [0, 0.05) is 40.1 Å². The standard InChI is InChI=1S/C13H15BrN2S/c14-11-8-13(17-10-11)9-15-6-7-16-12-4-2-1-3-5-12/h1-5,8,10,15-16H,6-7,9H2. The van der Waals surface area contributed by atoms with Crippen molar-refractivity contribution in [2.75, 3.05) is 18.4 Å². The van der Waals surface area contributed by atoms with Gasteiger partial charge in [0.15, 0.2) is 0 Å². The molecule has 0 radical (unpaired) electrons. The zero-order chi connectivity index (χ0) is 11.9. The molecule has 1 heterocycles. The van der Waals surface area contributed by atoms with E-state index in [1.165, 1.54) is 15.0 Å². The fraction of sp³-hybridized carbons (Fsp3) is 0.231. The van der Waals surface area contributed by atoms with E-state index in [9.17, 15) is 0 Å². The third-order valence-electron chi connectivity index (χ3n) is 2.33. The van der Waals surface area contributed by atoms with E-state index in [1.54, 1.807) is 11.3 Å². The van der Waals surface area contributed by atoms with Crippen LogP contribution in [0.2, 0.25) is 0 Å². The van der Waals surface area contributed by atoms with Gasteiger partial charge in [-0.05, 0) is 34.1 Å². The number of rotatable bonds is 6. The lowest BCUT2D eigenvalue weighted by Crippen LogP contribution is -2.21. The van der Waals surface area contributed by atoms with Gasteiger partial charge >= 0.3 is 0 Å². The first kappa shape index (κ1) is 12.6. The minimum absolute atomic E-state index is 0.937. The molecule has 0 aliphatic heterocycles. The van der Waals surface area contributed by atoms with Gasteiger partial charge in [-0.15, -0.1) is 11.3 Å². The van der Waals surface area contributed by atoms with E-state index in [4.69, 9.17) is 0 Å². The second kappa shape index (κ2) is 6.79. The number of benzene rings is 1. The summed E-state index contributed by atoms with van der Waals surface area (Å²) in [5.74, 6) is 0. The molecule has 4 heteroatoms. The molecule has 0 aliphatic rings. The number of hydrogen-bond acceptors (Lipinski definition) is 3. The molecule has 90 valence electrons. The molecular weight excluding hydrogens is 296 g/mol. The number of hydrogen-bond donors (Lipinski definition) is 2. The summed E-state index contributed by atoms with van der Waals surface area (Å²) in [7, 11) is 0. The third-order valence-corrected chi connectivity index (χ3v) is 4.02. The van der Waals surface area contributed by atoms with E-state index < -0.39 is 0 Å². The molecular formula is C13H15BrN2S. The van der Waals surface area contributed by atoms with E-state index in [2.05, 4.69) is 50.1 Å². The van der Waals surface area contributed by atoms with Crippen molar-refractivity contribution in [1.82, 2.24) is 5.32 Å². The molecule has 0 saturated carbocycles. The fourth-order valence-corrected chi connectivity index (χ4v) is 2.93. The topological polar surface area (TPSA) is 24.1 Å². The fourth-order valence-electron chi connectivity index (χ4n) is 1.51. The molecule has 0 aliphatic carbocycles. The van der Waals surface area contributed by atoms with Crippen LogP contribution in [-0.2, 0) is 6.54 Å². The van der Waals surface area contributed by atoms with Crippen molar-refractivity contribution >= 4 is 33.0 Å². The molecule has 1 aromatic heterocycles. The maximum atomic E-state index is 3.46. The third kappa shape index (κ3) is 4.50. The van der Waals surface area contributed by atoms with Gasteiger partial charge in [-0.1, -0.05) is 18.2 Å². The monoisotopic (exact) mass is 310 g/mol. The predicted molar refractivity (Wildman–Crippen MR) is 78.7 cm³/mol. The van der Waals surface area contributed by atoms with Crippen LogP contribution >= 0.6 is 27.3 Å². The molecule has 1 aromatic carbocycles.